The highest BCUT2D eigenvalue weighted by molar-refractivity contribution is 7.98. The molecule has 2 rings (SSSR count). The summed E-state index contributed by atoms with van der Waals surface area (Å²) in [7, 11) is 0. The van der Waals surface area contributed by atoms with Gasteiger partial charge in [-0.25, -0.2) is 9.97 Å². The summed E-state index contributed by atoms with van der Waals surface area (Å²) in [6, 6.07) is 0. The van der Waals surface area contributed by atoms with Crippen molar-refractivity contribution in [2.75, 3.05) is 12.8 Å². The summed E-state index contributed by atoms with van der Waals surface area (Å²) in [6.45, 7) is 4.27. The lowest BCUT2D eigenvalue weighted by molar-refractivity contribution is 0.0940. The molecule has 1 heterocycles. The van der Waals surface area contributed by atoms with E-state index in [1.165, 1.54) is 11.8 Å². The van der Waals surface area contributed by atoms with E-state index >= 15 is 0 Å². The fourth-order valence-corrected chi connectivity index (χ4v) is 3.32. The van der Waals surface area contributed by atoms with Crippen molar-refractivity contribution in [3.8, 4) is 0 Å². The number of hydrogen-bond acceptors (Lipinski definition) is 5. The smallest absolute Gasteiger partial charge is 0.255 e. The van der Waals surface area contributed by atoms with Crippen LogP contribution in [0.1, 0.15) is 41.1 Å². The fourth-order valence-electron chi connectivity index (χ4n) is 2.65. The van der Waals surface area contributed by atoms with Gasteiger partial charge in [-0.15, -0.1) is 11.8 Å². The van der Waals surface area contributed by atoms with Gasteiger partial charge in [0.05, 0.1) is 17.4 Å². The zero-order valence-electron chi connectivity index (χ0n) is 12.1. The van der Waals surface area contributed by atoms with Gasteiger partial charge in [-0.2, -0.15) is 0 Å². The Balaban J connectivity index is 2.05. The molecule has 2 unspecified atom stereocenters. The predicted octanol–water partition coefficient (Wildman–Crippen LogP) is 1.71. The molecule has 0 saturated heterocycles. The molecule has 1 aliphatic carbocycles. The lowest BCUT2D eigenvalue weighted by atomic mass is 10.1. The number of aliphatic hydroxyl groups is 1. The highest BCUT2D eigenvalue weighted by atomic mass is 32.2. The van der Waals surface area contributed by atoms with Crippen LogP contribution in [0.3, 0.4) is 0 Å². The van der Waals surface area contributed by atoms with Gasteiger partial charge in [-0.05, 0) is 45.3 Å². The Hall–Kier alpha value is -1.14. The number of nitrogens with one attached hydrogen (secondary N) is 1. The van der Waals surface area contributed by atoms with E-state index in [-0.39, 0.29) is 12.0 Å². The predicted molar refractivity (Wildman–Crippen MR) is 79.0 cm³/mol. The summed E-state index contributed by atoms with van der Waals surface area (Å²) < 4.78 is 0. The van der Waals surface area contributed by atoms with Crippen molar-refractivity contribution in [2.45, 2.75) is 44.2 Å². The van der Waals surface area contributed by atoms with E-state index in [9.17, 15) is 9.90 Å². The SMILES string of the molecule is CSc1nc(C)nc(C)c1C(=O)NCC1CCC(O)C1. The average Bonchev–Trinajstić information content (AvgIpc) is 2.80. The minimum atomic E-state index is -0.205. The molecule has 0 aromatic carbocycles. The number of nitrogens with zero attached hydrogens (tertiary/aromatic N) is 2. The standard InChI is InChI=1S/C14H21N3O2S/c1-8-12(14(20-3)17-9(2)16-8)13(19)15-7-10-4-5-11(18)6-10/h10-11,18H,4-7H2,1-3H3,(H,15,19). The second kappa shape index (κ2) is 6.54. The van der Waals surface area contributed by atoms with Crippen molar-refractivity contribution in [1.29, 1.82) is 0 Å². The number of aryl methyl sites for hydroxylation is 2. The quantitative estimate of drug-likeness (QED) is 0.653. The van der Waals surface area contributed by atoms with Gasteiger partial charge in [-0.1, -0.05) is 0 Å². The second-order valence-electron chi connectivity index (χ2n) is 5.28. The molecule has 5 nitrogen and oxygen atoms in total. The van der Waals surface area contributed by atoms with E-state index in [2.05, 4.69) is 15.3 Å². The van der Waals surface area contributed by atoms with Gasteiger partial charge < -0.3 is 10.4 Å². The van der Waals surface area contributed by atoms with Crippen molar-refractivity contribution >= 4 is 17.7 Å². The summed E-state index contributed by atoms with van der Waals surface area (Å²) in [5.41, 5.74) is 1.28. The van der Waals surface area contributed by atoms with Gasteiger partial charge in [0.2, 0.25) is 0 Å². The van der Waals surface area contributed by atoms with Gasteiger partial charge in [0.15, 0.2) is 0 Å². The Kier molecular flexibility index (Phi) is 4.99. The van der Waals surface area contributed by atoms with E-state index in [4.69, 9.17) is 0 Å². The molecule has 1 aromatic rings. The largest absolute Gasteiger partial charge is 0.393 e. The van der Waals surface area contributed by atoms with Crippen molar-refractivity contribution < 1.29 is 9.90 Å². The van der Waals surface area contributed by atoms with Crippen molar-refractivity contribution in [3.05, 3.63) is 17.1 Å². The zero-order chi connectivity index (χ0) is 14.7. The summed E-state index contributed by atoms with van der Waals surface area (Å²) in [4.78, 5) is 20.9. The number of carbonyl (C=O) groups excluding carboxylic acids is 1. The summed E-state index contributed by atoms with van der Waals surface area (Å²) in [6.07, 6.45) is 4.29. The molecule has 2 atom stereocenters. The third kappa shape index (κ3) is 3.49. The molecule has 2 N–H and O–H groups in total. The highest BCUT2D eigenvalue weighted by Crippen LogP contribution is 2.25. The Labute approximate surface area is 123 Å². The van der Waals surface area contributed by atoms with E-state index in [0.717, 1.165) is 24.3 Å². The van der Waals surface area contributed by atoms with Crippen LogP contribution in [0.4, 0.5) is 0 Å². The Morgan fingerprint density at radius 3 is 2.75 bits per heavy atom. The number of amides is 1. The maximum atomic E-state index is 12.3. The summed E-state index contributed by atoms with van der Waals surface area (Å²) in [5.74, 6) is 0.939. The van der Waals surface area contributed by atoms with Crippen LogP contribution >= 0.6 is 11.8 Å². The first kappa shape index (κ1) is 15.3. The molecule has 1 fully saturated rings. The maximum Gasteiger partial charge on any atom is 0.255 e. The van der Waals surface area contributed by atoms with Crippen LogP contribution in [-0.4, -0.2) is 39.9 Å². The number of thioether (sulfide) groups is 1. The molecular formula is C14H21N3O2S. The molecule has 6 heteroatoms. The van der Waals surface area contributed by atoms with Gasteiger partial charge in [0.1, 0.15) is 10.9 Å². The van der Waals surface area contributed by atoms with Crippen LogP contribution in [0.25, 0.3) is 0 Å². The first-order valence-electron chi connectivity index (χ1n) is 6.86. The molecule has 0 radical (unpaired) electrons. The molecule has 1 saturated carbocycles. The number of rotatable bonds is 4. The number of aliphatic hydroxyl groups excluding tert-OH is 1. The van der Waals surface area contributed by atoms with Crippen LogP contribution in [-0.2, 0) is 0 Å². The molecule has 110 valence electrons. The number of hydrogen-bond donors (Lipinski definition) is 2. The van der Waals surface area contributed by atoms with Crippen LogP contribution in [0.15, 0.2) is 5.03 Å². The van der Waals surface area contributed by atoms with Gasteiger partial charge in [-0.3, -0.25) is 4.79 Å². The summed E-state index contributed by atoms with van der Waals surface area (Å²) in [5, 5.41) is 13.2. The Morgan fingerprint density at radius 1 is 1.40 bits per heavy atom. The zero-order valence-corrected chi connectivity index (χ0v) is 13.0. The monoisotopic (exact) mass is 295 g/mol. The van der Waals surface area contributed by atoms with Crippen LogP contribution in [0.2, 0.25) is 0 Å². The minimum Gasteiger partial charge on any atom is -0.393 e. The van der Waals surface area contributed by atoms with Crippen LogP contribution in [0.5, 0.6) is 0 Å². The van der Waals surface area contributed by atoms with Gasteiger partial charge >= 0.3 is 0 Å². The second-order valence-corrected chi connectivity index (χ2v) is 6.08. The molecule has 1 aromatic heterocycles. The fraction of sp³-hybridized carbons (Fsp3) is 0.643. The normalized spacial score (nSPS) is 22.0. The van der Waals surface area contributed by atoms with Crippen molar-refractivity contribution in [3.63, 3.8) is 0 Å². The molecule has 0 spiro atoms. The molecule has 20 heavy (non-hydrogen) atoms. The van der Waals surface area contributed by atoms with Crippen molar-refractivity contribution in [2.24, 2.45) is 5.92 Å². The van der Waals surface area contributed by atoms with E-state index in [0.29, 0.717) is 29.5 Å². The lowest BCUT2D eigenvalue weighted by Gasteiger charge is -2.13. The molecule has 1 aliphatic rings. The third-order valence-electron chi connectivity index (χ3n) is 3.65. The number of aromatic nitrogens is 2. The molecule has 0 bridgehead atoms. The Bertz CT molecular complexity index is 507. The van der Waals surface area contributed by atoms with Crippen LogP contribution in [0, 0.1) is 19.8 Å². The summed E-state index contributed by atoms with van der Waals surface area (Å²) >= 11 is 1.46. The third-order valence-corrected chi connectivity index (χ3v) is 4.34. The molecule has 1 amide bonds. The van der Waals surface area contributed by atoms with Gasteiger partial charge in [0.25, 0.3) is 5.91 Å². The first-order chi connectivity index (χ1) is 9.51. The lowest BCUT2D eigenvalue weighted by Crippen LogP contribution is -2.30. The Morgan fingerprint density at radius 2 is 2.15 bits per heavy atom. The topological polar surface area (TPSA) is 75.1 Å². The van der Waals surface area contributed by atoms with E-state index < -0.39 is 0 Å². The molecule has 0 aliphatic heterocycles. The van der Waals surface area contributed by atoms with Crippen LogP contribution < -0.4 is 5.32 Å². The van der Waals surface area contributed by atoms with Gasteiger partial charge in [0, 0.05) is 6.54 Å². The molecular weight excluding hydrogens is 274 g/mol. The first-order valence-corrected chi connectivity index (χ1v) is 8.09. The minimum absolute atomic E-state index is 0.117. The highest BCUT2D eigenvalue weighted by Gasteiger charge is 2.24. The van der Waals surface area contributed by atoms with Crippen molar-refractivity contribution in [1.82, 2.24) is 15.3 Å². The maximum absolute atomic E-state index is 12.3. The number of carbonyl (C=O) groups is 1. The van der Waals surface area contributed by atoms with E-state index in [1.807, 2.05) is 20.1 Å². The van der Waals surface area contributed by atoms with E-state index in [1.54, 1.807) is 0 Å². The average molecular weight is 295 g/mol.